The second kappa shape index (κ2) is 39.0. The van der Waals surface area contributed by atoms with Crippen LogP contribution in [0.3, 0.4) is 0 Å². The Morgan fingerprint density at radius 3 is 2.06 bits per heavy atom. The number of benzene rings is 3. The van der Waals surface area contributed by atoms with Gasteiger partial charge in [0.2, 0.25) is 47.1 Å². The van der Waals surface area contributed by atoms with Crippen LogP contribution in [-0.2, 0) is 81.4 Å². The minimum atomic E-state index is -2.76. The zero-order valence-electron chi connectivity index (χ0n) is 59.7. The molecular weight excluding hydrogens is 1570 g/mol. The number of carbonyl (C=O) groups is 10. The lowest BCUT2D eigenvalue weighted by molar-refractivity contribution is -0.367. The van der Waals surface area contributed by atoms with Gasteiger partial charge in [-0.3, -0.25) is 48.1 Å². The first-order chi connectivity index (χ1) is 51.1. The molecule has 0 unspecified atom stereocenters. The standard InChI is InChI=1S/C71H95IN10O24S2/c1-33(53-49(87)25-70(4,5)26-50(53)88)73-20-12-11-17-42-61(94)81-54(34(2)84)67(100)80-47(66(99)82-55(35(3)85)68(101)102)31-108-107-30-46(65(98)77-44(23-37-18-19-48(86)40(72)21-37)63(96)78-45(64(97)76-42)24-38-27-74-41-16-10-9-15-39(38)41)79-62(95)43(22-36-13-7-6-8-14-36)75-32-71(103)60(93)59(51(89)29-104-71)106-69-58(92)57(91)56(90)52(28-83)105-69/h6-10,13-16,18-19,21,27,34-35,42-47,51-60,69,74-75,83-86,89-93,103H,11-12,17,20,22-26,28-32H2,1-5H3,(H,76,97)(H,77,98)(H,78,96)(H,79,95)(H,80,100)(H,81,94)(H,82,99)(H,101,102)/t34-,35-,42+,43-,44+,45-,46+,47+,51-,52-,54+,55-,56-,57+,58-,59-,60+,69-,71-/m1/s1. The Balaban J connectivity index is 1.16. The number of aromatic hydroxyl groups is 1. The topological polar surface area (TPSA) is 545 Å². The van der Waals surface area contributed by atoms with Gasteiger partial charge in [0.25, 0.3) is 0 Å². The number of nitrogens with zero attached hydrogens (tertiary/aromatic N) is 1. The molecule has 3 saturated heterocycles. The predicted molar refractivity (Wildman–Crippen MR) is 398 cm³/mol. The van der Waals surface area contributed by atoms with Crippen molar-refractivity contribution in [3.63, 3.8) is 0 Å². The van der Waals surface area contributed by atoms with Gasteiger partial charge >= 0.3 is 5.97 Å². The van der Waals surface area contributed by atoms with Gasteiger partial charge in [-0.05, 0) is 109 Å². The molecule has 3 aliphatic heterocycles. The Labute approximate surface area is 642 Å². The second-order valence-electron chi connectivity index (χ2n) is 28.2. The van der Waals surface area contributed by atoms with E-state index < -0.39 is 205 Å². The zero-order chi connectivity index (χ0) is 79.1. The highest BCUT2D eigenvalue weighted by Gasteiger charge is 2.54. The molecule has 34 nitrogen and oxygen atoms in total. The highest BCUT2D eigenvalue weighted by atomic mass is 127. The van der Waals surface area contributed by atoms with Crippen LogP contribution in [0.5, 0.6) is 5.75 Å². The van der Waals surface area contributed by atoms with Crippen molar-refractivity contribution in [1.82, 2.24) is 47.5 Å². The van der Waals surface area contributed by atoms with E-state index in [-0.39, 0.29) is 75.2 Å². The fourth-order valence-electron chi connectivity index (χ4n) is 12.9. The summed E-state index contributed by atoms with van der Waals surface area (Å²) in [6.45, 7) is 5.02. The van der Waals surface area contributed by atoms with Gasteiger partial charge in [0, 0.05) is 66.5 Å². The van der Waals surface area contributed by atoms with Crippen molar-refractivity contribution in [1.29, 1.82) is 0 Å². The van der Waals surface area contributed by atoms with Crippen molar-refractivity contribution >= 4 is 120 Å². The van der Waals surface area contributed by atoms with Gasteiger partial charge in [-0.1, -0.05) is 90.0 Å². The number of Topliss-reactive ketones (excluding diaryl/α,β-unsaturated/α-hetero) is 2. The molecule has 37 heteroatoms. The number of unbranched alkanes of at least 4 members (excludes halogenated alkanes) is 1. The number of aliphatic hydroxyl groups is 9. The van der Waals surface area contributed by atoms with Gasteiger partial charge in [-0.15, -0.1) is 0 Å². The largest absolute Gasteiger partial charge is 0.507 e. The maximum absolute atomic E-state index is 15.4. The molecule has 1 aliphatic carbocycles. The molecule has 0 bridgehead atoms. The lowest BCUT2D eigenvalue weighted by Crippen LogP contribution is -2.68. The number of aromatic amines is 1. The number of H-pyrrole nitrogens is 1. The SMILES string of the molecule is CC(=NCCCC[C@@H]1NC(=O)[C@@H](Cc2c[nH]c3ccccc23)NC(=O)[C@H](Cc2ccc(O)c(I)c2)NC(=O)[C@@H](NC(=O)[C@@H](Cc2ccccc2)NC[C@@]2(O)OC[C@@H](O)[C@@H](O[C@H]3O[C@H](CO)[C@@H](O)[C@H](O)[C@H]3O)[C@@H]2O)CSSC[C@@H](C(=O)N[C@@H](C(=O)O)[C@@H](C)O)NC(=O)[C@H]([C@@H](C)O)NC1=O)C1C(=O)CC(C)(C)CC1=O. The minimum Gasteiger partial charge on any atom is -0.507 e. The van der Waals surface area contributed by atoms with Crippen molar-refractivity contribution in [2.45, 2.75) is 201 Å². The van der Waals surface area contributed by atoms with Gasteiger partial charge in [0.05, 0.1) is 41.6 Å². The number of aromatic nitrogens is 1. The van der Waals surface area contributed by atoms with Gasteiger partial charge in [0.15, 0.2) is 12.3 Å². The lowest BCUT2D eigenvalue weighted by atomic mass is 9.70. The van der Waals surface area contributed by atoms with Crippen LogP contribution >= 0.6 is 44.2 Å². The van der Waals surface area contributed by atoms with Crippen LogP contribution < -0.4 is 42.5 Å². The number of ketones is 2. The summed E-state index contributed by atoms with van der Waals surface area (Å²) >= 11 is 1.85. The zero-order valence-corrected chi connectivity index (χ0v) is 63.5. The molecule has 0 radical (unpaired) electrons. The van der Waals surface area contributed by atoms with E-state index in [1.807, 2.05) is 36.4 Å². The highest BCUT2D eigenvalue weighted by Crippen LogP contribution is 2.35. The molecule has 0 spiro atoms. The number of amides is 7. The van der Waals surface area contributed by atoms with Crippen molar-refractivity contribution in [2.75, 3.05) is 37.8 Å². The van der Waals surface area contributed by atoms with Crippen LogP contribution in [0.1, 0.15) is 83.4 Å². The van der Waals surface area contributed by atoms with Gasteiger partial charge in [0.1, 0.15) is 102 Å². The number of phenolic OH excluding ortho intramolecular Hbond substituents is 1. The molecule has 19 atom stereocenters. The number of phenols is 1. The van der Waals surface area contributed by atoms with Crippen LogP contribution in [0.15, 0.2) is 84.0 Å². The van der Waals surface area contributed by atoms with Crippen molar-refractivity contribution in [3.8, 4) is 5.75 Å². The lowest BCUT2D eigenvalue weighted by Gasteiger charge is -2.47. The number of aliphatic imine (C=N–C) groups is 1. The summed E-state index contributed by atoms with van der Waals surface area (Å²) in [6.07, 6.45) is -17.3. The molecule has 4 heterocycles. The van der Waals surface area contributed by atoms with E-state index in [0.29, 0.717) is 36.9 Å². The number of hydrogen-bond acceptors (Lipinski definition) is 27. The number of carboxylic acids is 1. The summed E-state index contributed by atoms with van der Waals surface area (Å²) in [5, 5.41) is 140. The molecule has 7 amide bonds. The maximum atomic E-state index is 15.4. The number of fused-ring (bicyclic) bond motifs is 1. The number of aliphatic carboxylic acids is 1. The third-order valence-electron chi connectivity index (χ3n) is 19.0. The van der Waals surface area contributed by atoms with E-state index in [0.717, 1.165) is 35.4 Å². The molecule has 4 aromatic rings. The van der Waals surface area contributed by atoms with E-state index in [1.54, 1.807) is 67.7 Å². The fourth-order valence-corrected chi connectivity index (χ4v) is 15.9. The number of ether oxygens (including phenoxy) is 3. The monoisotopic (exact) mass is 1660 g/mol. The van der Waals surface area contributed by atoms with Crippen molar-refractivity contribution in [2.24, 2.45) is 16.3 Å². The number of para-hydroxylation sites is 1. The molecule has 592 valence electrons. The van der Waals surface area contributed by atoms with Gasteiger partial charge in [-0.25, -0.2) is 4.79 Å². The normalized spacial score (nSPS) is 29.4. The minimum absolute atomic E-state index is 0.0578. The summed E-state index contributed by atoms with van der Waals surface area (Å²) < 4.78 is 17.0. The number of halogens is 1. The summed E-state index contributed by atoms with van der Waals surface area (Å²) in [5.41, 5.74) is 1.75. The number of nitrogens with one attached hydrogen (secondary N) is 9. The average molecular weight is 1660 g/mol. The summed E-state index contributed by atoms with van der Waals surface area (Å²) in [5.74, 6) is -14.6. The fraction of sp³-hybridized carbons (Fsp3) is 0.563. The Morgan fingerprint density at radius 1 is 0.769 bits per heavy atom. The molecule has 1 saturated carbocycles. The van der Waals surface area contributed by atoms with E-state index in [9.17, 15) is 84.9 Å². The third-order valence-corrected chi connectivity index (χ3v) is 22.3. The molecule has 1 aromatic heterocycles. The van der Waals surface area contributed by atoms with Crippen molar-refractivity contribution in [3.05, 3.63) is 99.3 Å². The first kappa shape index (κ1) is 86.3. The average Bonchev–Trinajstić information content (AvgIpc) is 0.882. The molecule has 8 rings (SSSR count). The Morgan fingerprint density at radius 2 is 1.41 bits per heavy atom. The molecule has 108 heavy (non-hydrogen) atoms. The molecular formula is C71H95IN10O24S2. The second-order valence-corrected chi connectivity index (χ2v) is 31.9. The van der Waals surface area contributed by atoms with E-state index in [2.05, 4.69) is 52.5 Å². The van der Waals surface area contributed by atoms with Gasteiger partial charge in [-0.2, -0.15) is 0 Å². The van der Waals surface area contributed by atoms with Crippen LogP contribution in [0, 0.1) is 14.9 Å². The Kier molecular flexibility index (Phi) is 31.2. The summed E-state index contributed by atoms with van der Waals surface area (Å²) in [6, 6.07) is 5.78. The van der Waals surface area contributed by atoms with E-state index in [4.69, 9.17) is 14.2 Å². The van der Waals surface area contributed by atoms with Crippen LogP contribution in [-0.4, -0.2) is 279 Å². The van der Waals surface area contributed by atoms with Crippen LogP contribution in [0.25, 0.3) is 10.9 Å². The smallest absolute Gasteiger partial charge is 0.328 e. The molecule has 4 aliphatic rings. The predicted octanol–water partition coefficient (Wildman–Crippen LogP) is -3.07. The highest BCUT2D eigenvalue weighted by molar-refractivity contribution is 14.1. The first-order valence-electron chi connectivity index (χ1n) is 35.1. The maximum Gasteiger partial charge on any atom is 0.328 e. The number of rotatable bonds is 25. The van der Waals surface area contributed by atoms with Crippen LogP contribution in [0.2, 0.25) is 0 Å². The van der Waals surface area contributed by atoms with Gasteiger partial charge < -0.3 is 118 Å². The Hall–Kier alpha value is -7.32. The summed E-state index contributed by atoms with van der Waals surface area (Å²) in [4.78, 5) is 151. The summed E-state index contributed by atoms with van der Waals surface area (Å²) in [7, 11) is 1.58. The van der Waals surface area contributed by atoms with E-state index >= 15 is 19.2 Å². The number of carboxylic acid groups (broad SMARTS) is 1. The first-order valence-corrected chi connectivity index (χ1v) is 38.7. The Bertz CT molecular complexity index is 3860. The molecule has 3 aromatic carbocycles. The quantitative estimate of drug-likeness (QED) is 0.0103. The van der Waals surface area contributed by atoms with Crippen molar-refractivity contribution < 1.29 is 118 Å². The number of carbonyl (C=O) groups excluding carboxylic acids is 9. The van der Waals surface area contributed by atoms with Crippen LogP contribution in [0.4, 0.5) is 0 Å². The number of aliphatic hydroxyl groups excluding tert-OH is 8. The molecule has 20 N–H and O–H groups in total. The third kappa shape index (κ3) is 22.9. The molecule has 4 fully saturated rings. The van der Waals surface area contributed by atoms with E-state index in [1.165, 1.54) is 18.2 Å². The number of hydrogen-bond donors (Lipinski definition) is 20.